The van der Waals surface area contributed by atoms with Crippen LogP contribution < -0.4 is 5.32 Å². The van der Waals surface area contributed by atoms with E-state index in [4.69, 9.17) is 0 Å². The minimum atomic E-state index is -4.46. The Kier molecular flexibility index (Phi) is 6.78. The Morgan fingerprint density at radius 3 is 2.22 bits per heavy atom. The topological polar surface area (TPSA) is 37.8 Å². The largest absolute Gasteiger partial charge is 0.451 e. The van der Waals surface area contributed by atoms with Gasteiger partial charge in [0.1, 0.15) is 0 Å². The van der Waals surface area contributed by atoms with Crippen LogP contribution in [0.25, 0.3) is 0 Å². The van der Waals surface area contributed by atoms with Crippen molar-refractivity contribution in [3.05, 3.63) is 37.6 Å². The molecule has 0 amide bonds. The number of aromatic nitrogens is 2. The summed E-state index contributed by atoms with van der Waals surface area (Å²) in [7, 11) is 0. The number of nitrogens with zero attached hydrogens (tertiary/aromatic N) is 2. The van der Waals surface area contributed by atoms with E-state index in [1.165, 1.54) is 12.4 Å². The van der Waals surface area contributed by atoms with Gasteiger partial charge in [0.15, 0.2) is 0 Å². The summed E-state index contributed by atoms with van der Waals surface area (Å²) in [6.07, 6.45) is 2.15. The predicted octanol–water partition coefficient (Wildman–Crippen LogP) is 2.40. The SMILES string of the molecule is FC(F)(F)c1ncc(CNC2C[CH-]C2)cn1.[CH3-].[Ni]. The summed E-state index contributed by atoms with van der Waals surface area (Å²) in [5, 5.41) is 3.20. The molecule has 18 heavy (non-hydrogen) atoms. The second-order valence-electron chi connectivity index (χ2n) is 3.75. The molecule has 1 heterocycles. The quantitative estimate of drug-likeness (QED) is 0.688. The molecule has 3 nitrogen and oxygen atoms in total. The van der Waals surface area contributed by atoms with E-state index in [0.717, 1.165) is 12.8 Å². The predicted molar refractivity (Wildman–Crippen MR) is 57.6 cm³/mol. The van der Waals surface area contributed by atoms with Gasteiger partial charge in [-0.05, 0) is 6.04 Å². The van der Waals surface area contributed by atoms with Crippen molar-refractivity contribution in [2.24, 2.45) is 0 Å². The zero-order valence-corrected chi connectivity index (χ0v) is 10.8. The monoisotopic (exact) mass is 303 g/mol. The van der Waals surface area contributed by atoms with Crippen molar-refractivity contribution in [2.45, 2.75) is 31.6 Å². The van der Waals surface area contributed by atoms with E-state index in [1.807, 2.05) is 0 Å². The van der Waals surface area contributed by atoms with Crippen molar-refractivity contribution >= 4 is 0 Å². The van der Waals surface area contributed by atoms with Gasteiger partial charge >= 0.3 is 6.18 Å². The molecule has 1 aromatic rings. The van der Waals surface area contributed by atoms with Crippen LogP contribution in [0.2, 0.25) is 0 Å². The van der Waals surface area contributed by atoms with Crippen LogP contribution in [0.4, 0.5) is 13.2 Å². The minimum Gasteiger partial charge on any atom is -0.358 e. The molecular formula is C11H14F3N3Ni-2. The first-order valence-electron chi connectivity index (χ1n) is 4.99. The third kappa shape index (κ3) is 4.54. The summed E-state index contributed by atoms with van der Waals surface area (Å²) in [4.78, 5) is 6.58. The Hall–Kier alpha value is -0.676. The minimum absolute atomic E-state index is 0. The Bertz CT molecular complexity index is 350. The van der Waals surface area contributed by atoms with Crippen LogP contribution in [0, 0.1) is 13.8 Å². The maximum Gasteiger partial charge on any atom is 0.451 e. The van der Waals surface area contributed by atoms with Crippen molar-refractivity contribution in [3.63, 3.8) is 0 Å². The maximum atomic E-state index is 12.2. The molecule has 0 aromatic carbocycles. The summed E-state index contributed by atoms with van der Waals surface area (Å²) < 4.78 is 36.5. The van der Waals surface area contributed by atoms with Gasteiger partial charge in [-0.15, -0.1) is 0 Å². The number of rotatable bonds is 3. The van der Waals surface area contributed by atoms with Crippen LogP contribution in [0.5, 0.6) is 0 Å². The first-order chi connectivity index (χ1) is 7.55. The molecule has 1 N–H and O–H groups in total. The average Bonchev–Trinajstić information content (AvgIpc) is 2.15. The molecule has 1 fully saturated rings. The summed E-state index contributed by atoms with van der Waals surface area (Å²) in [5.41, 5.74) is 0.667. The van der Waals surface area contributed by atoms with Crippen molar-refractivity contribution < 1.29 is 29.7 Å². The second kappa shape index (κ2) is 7.05. The van der Waals surface area contributed by atoms with Gasteiger partial charge in [0.25, 0.3) is 0 Å². The number of alkyl halides is 3. The zero-order valence-electron chi connectivity index (χ0n) is 9.78. The molecule has 2 rings (SSSR count). The third-order valence-electron chi connectivity index (χ3n) is 2.46. The molecular weight excluding hydrogens is 290 g/mol. The van der Waals surface area contributed by atoms with Crippen LogP contribution in [0.1, 0.15) is 24.2 Å². The molecule has 0 atom stereocenters. The smallest absolute Gasteiger partial charge is 0.358 e. The van der Waals surface area contributed by atoms with E-state index in [2.05, 4.69) is 21.7 Å². The molecule has 1 aliphatic rings. The number of nitrogens with one attached hydrogen (secondary N) is 1. The van der Waals surface area contributed by atoms with Crippen molar-refractivity contribution in [1.82, 2.24) is 15.3 Å². The molecule has 106 valence electrons. The van der Waals surface area contributed by atoms with Crippen molar-refractivity contribution in [2.75, 3.05) is 0 Å². The van der Waals surface area contributed by atoms with Crippen LogP contribution in [-0.2, 0) is 29.2 Å². The van der Waals surface area contributed by atoms with Crippen LogP contribution in [-0.4, -0.2) is 16.0 Å². The van der Waals surface area contributed by atoms with Crippen molar-refractivity contribution in [3.8, 4) is 0 Å². The van der Waals surface area contributed by atoms with E-state index in [1.54, 1.807) is 0 Å². The van der Waals surface area contributed by atoms with E-state index in [9.17, 15) is 13.2 Å². The first kappa shape index (κ1) is 17.3. The Balaban J connectivity index is 0.00000144. The molecule has 0 spiro atoms. The fraction of sp³-hybridized carbons (Fsp3) is 0.455. The summed E-state index contributed by atoms with van der Waals surface area (Å²) in [6.45, 7) is 0.511. The molecule has 0 radical (unpaired) electrons. The molecule has 1 aromatic heterocycles. The van der Waals surface area contributed by atoms with Gasteiger partial charge in [-0.2, -0.15) is 26.0 Å². The van der Waals surface area contributed by atoms with E-state index in [0.29, 0.717) is 18.2 Å². The second-order valence-corrected chi connectivity index (χ2v) is 3.75. The Morgan fingerprint density at radius 1 is 1.28 bits per heavy atom. The summed E-state index contributed by atoms with van der Waals surface area (Å²) >= 11 is 0. The van der Waals surface area contributed by atoms with Gasteiger partial charge in [0.05, 0.1) is 0 Å². The zero-order chi connectivity index (χ0) is 11.6. The Morgan fingerprint density at radius 2 is 1.83 bits per heavy atom. The van der Waals surface area contributed by atoms with Crippen LogP contribution in [0.3, 0.4) is 0 Å². The maximum absolute atomic E-state index is 12.2. The molecule has 1 aliphatic carbocycles. The fourth-order valence-electron chi connectivity index (χ4n) is 1.35. The van der Waals surface area contributed by atoms with Crippen LogP contribution in [0.15, 0.2) is 12.4 Å². The van der Waals surface area contributed by atoms with Gasteiger partial charge in [0, 0.05) is 41.0 Å². The first-order valence-corrected chi connectivity index (χ1v) is 4.99. The van der Waals surface area contributed by atoms with Crippen LogP contribution >= 0.6 is 0 Å². The molecule has 0 aliphatic heterocycles. The molecule has 0 bridgehead atoms. The number of hydrogen-bond donors (Lipinski definition) is 1. The fourth-order valence-corrected chi connectivity index (χ4v) is 1.35. The molecule has 0 saturated heterocycles. The van der Waals surface area contributed by atoms with Gasteiger partial charge in [-0.3, -0.25) is 0 Å². The van der Waals surface area contributed by atoms with Crippen molar-refractivity contribution in [1.29, 1.82) is 0 Å². The Labute approximate surface area is 115 Å². The van der Waals surface area contributed by atoms with Gasteiger partial charge in [0.2, 0.25) is 5.82 Å². The van der Waals surface area contributed by atoms with Gasteiger partial charge < -0.3 is 19.2 Å². The van der Waals surface area contributed by atoms with E-state index < -0.39 is 12.0 Å². The third-order valence-corrected chi connectivity index (χ3v) is 2.46. The summed E-state index contributed by atoms with van der Waals surface area (Å²) in [5.74, 6) is -1.09. The van der Waals surface area contributed by atoms with E-state index >= 15 is 0 Å². The molecule has 1 saturated carbocycles. The number of hydrogen-bond acceptors (Lipinski definition) is 3. The van der Waals surface area contributed by atoms with Gasteiger partial charge in [-0.1, -0.05) is 0 Å². The standard InChI is InChI=1S/C10H11F3N3.CH3.Ni/c11-10(12,13)9-15-5-7(6-16-9)4-14-8-2-1-3-8;;/h1,5-6,8,14H,2-4H2;1H3;/q2*-1;. The normalized spacial score (nSPS) is 15.3. The van der Waals surface area contributed by atoms with Gasteiger partial charge in [-0.25, -0.2) is 9.97 Å². The number of halogens is 3. The molecule has 0 unspecified atom stereocenters. The average molecular weight is 304 g/mol. The summed E-state index contributed by atoms with van der Waals surface area (Å²) in [6, 6.07) is 0.447. The van der Waals surface area contributed by atoms with E-state index in [-0.39, 0.29) is 23.9 Å². The molecule has 7 heteroatoms.